The highest BCUT2D eigenvalue weighted by atomic mass is 16.5. The van der Waals surface area contributed by atoms with E-state index in [4.69, 9.17) is 15.6 Å². The molecule has 0 radical (unpaired) electrons. The summed E-state index contributed by atoms with van der Waals surface area (Å²) in [7, 11) is 1.29. The van der Waals surface area contributed by atoms with Crippen molar-refractivity contribution in [3.05, 3.63) is 29.8 Å². The first-order valence-electron chi connectivity index (χ1n) is 5.69. The molecule has 0 amide bonds. The van der Waals surface area contributed by atoms with Crippen LogP contribution in [0.4, 0.5) is 0 Å². The summed E-state index contributed by atoms with van der Waals surface area (Å²) >= 11 is 0. The SMILES string of the molecule is COC(=O)C(C)(N)COc1ccc(CCO)cc1. The average molecular weight is 253 g/mol. The molecule has 1 rings (SSSR count). The van der Waals surface area contributed by atoms with Crippen molar-refractivity contribution in [2.24, 2.45) is 5.73 Å². The van der Waals surface area contributed by atoms with Crippen molar-refractivity contribution in [2.45, 2.75) is 18.9 Å². The topological polar surface area (TPSA) is 81.8 Å². The number of carbonyl (C=O) groups is 1. The molecule has 1 unspecified atom stereocenters. The van der Waals surface area contributed by atoms with Gasteiger partial charge < -0.3 is 20.3 Å². The van der Waals surface area contributed by atoms with Gasteiger partial charge in [0.15, 0.2) is 0 Å². The molecule has 0 aliphatic rings. The van der Waals surface area contributed by atoms with Crippen LogP contribution in [0.25, 0.3) is 0 Å². The van der Waals surface area contributed by atoms with Crippen LogP contribution >= 0.6 is 0 Å². The van der Waals surface area contributed by atoms with Gasteiger partial charge in [-0.25, -0.2) is 4.79 Å². The molecule has 0 fully saturated rings. The Bertz CT molecular complexity index is 386. The Kier molecular flexibility index (Phi) is 5.12. The van der Waals surface area contributed by atoms with Crippen LogP contribution in [0, 0.1) is 0 Å². The second-order valence-corrected chi connectivity index (χ2v) is 4.32. The standard InChI is InChI=1S/C13H19NO4/c1-13(14,12(16)17-2)9-18-11-5-3-10(4-6-11)7-8-15/h3-6,15H,7-9,14H2,1-2H3. The molecule has 100 valence electrons. The number of aliphatic hydroxyl groups excluding tert-OH is 1. The average Bonchev–Trinajstić information content (AvgIpc) is 2.37. The van der Waals surface area contributed by atoms with E-state index < -0.39 is 11.5 Å². The molecule has 1 aromatic carbocycles. The van der Waals surface area contributed by atoms with Gasteiger partial charge in [-0.1, -0.05) is 12.1 Å². The van der Waals surface area contributed by atoms with Crippen molar-refractivity contribution < 1.29 is 19.4 Å². The van der Waals surface area contributed by atoms with E-state index in [0.717, 1.165) is 5.56 Å². The lowest BCUT2D eigenvalue weighted by Crippen LogP contribution is -2.50. The van der Waals surface area contributed by atoms with E-state index in [9.17, 15) is 4.79 Å². The minimum absolute atomic E-state index is 0.0407. The summed E-state index contributed by atoms with van der Waals surface area (Å²) in [5, 5.41) is 8.79. The van der Waals surface area contributed by atoms with Crippen molar-refractivity contribution in [1.29, 1.82) is 0 Å². The minimum Gasteiger partial charge on any atom is -0.491 e. The maximum absolute atomic E-state index is 11.3. The Morgan fingerprint density at radius 3 is 2.50 bits per heavy atom. The summed E-state index contributed by atoms with van der Waals surface area (Å²) in [6.07, 6.45) is 0.608. The molecule has 0 aliphatic carbocycles. The van der Waals surface area contributed by atoms with Crippen LogP contribution in [0.3, 0.4) is 0 Å². The van der Waals surface area contributed by atoms with Gasteiger partial charge in [0.2, 0.25) is 0 Å². The van der Waals surface area contributed by atoms with E-state index in [1.54, 1.807) is 19.1 Å². The highest BCUT2D eigenvalue weighted by Gasteiger charge is 2.30. The zero-order valence-corrected chi connectivity index (χ0v) is 10.7. The molecule has 0 bridgehead atoms. The Morgan fingerprint density at radius 1 is 1.39 bits per heavy atom. The largest absolute Gasteiger partial charge is 0.491 e. The summed E-state index contributed by atoms with van der Waals surface area (Å²) in [5.41, 5.74) is 5.62. The first-order chi connectivity index (χ1) is 8.49. The van der Waals surface area contributed by atoms with Gasteiger partial charge in [-0.15, -0.1) is 0 Å². The van der Waals surface area contributed by atoms with Crippen LogP contribution < -0.4 is 10.5 Å². The zero-order chi connectivity index (χ0) is 13.6. The third kappa shape index (κ3) is 4.01. The lowest BCUT2D eigenvalue weighted by Gasteiger charge is -2.21. The quantitative estimate of drug-likeness (QED) is 0.721. The monoisotopic (exact) mass is 253 g/mol. The molecule has 0 aromatic heterocycles. The fourth-order valence-corrected chi connectivity index (χ4v) is 1.41. The highest BCUT2D eigenvalue weighted by molar-refractivity contribution is 5.80. The molecule has 0 heterocycles. The maximum atomic E-state index is 11.3. The fraction of sp³-hybridized carbons (Fsp3) is 0.462. The molecule has 5 heteroatoms. The lowest BCUT2D eigenvalue weighted by atomic mass is 10.1. The van der Waals surface area contributed by atoms with Crippen LogP contribution in [-0.2, 0) is 16.0 Å². The summed E-state index contributed by atoms with van der Waals surface area (Å²) in [4.78, 5) is 11.3. The van der Waals surface area contributed by atoms with Crippen LogP contribution in [0.1, 0.15) is 12.5 Å². The molecule has 3 N–H and O–H groups in total. The number of benzene rings is 1. The number of carbonyl (C=O) groups excluding carboxylic acids is 1. The molecule has 1 aromatic rings. The zero-order valence-electron chi connectivity index (χ0n) is 10.7. The molecule has 18 heavy (non-hydrogen) atoms. The Morgan fingerprint density at radius 2 is 2.00 bits per heavy atom. The molecule has 0 saturated carbocycles. The molecule has 0 spiro atoms. The van der Waals surface area contributed by atoms with Crippen molar-refractivity contribution in [1.82, 2.24) is 0 Å². The second kappa shape index (κ2) is 6.37. The third-order valence-corrected chi connectivity index (χ3v) is 2.51. The second-order valence-electron chi connectivity index (χ2n) is 4.32. The predicted octanol–water partition coefficient (Wildman–Crippen LogP) is 0.491. The number of ether oxygens (including phenoxy) is 2. The maximum Gasteiger partial charge on any atom is 0.329 e. The van der Waals surface area contributed by atoms with Gasteiger partial charge in [0.25, 0.3) is 0 Å². The van der Waals surface area contributed by atoms with E-state index in [-0.39, 0.29) is 13.2 Å². The molecular formula is C13H19NO4. The predicted molar refractivity (Wildman–Crippen MR) is 67.3 cm³/mol. The van der Waals surface area contributed by atoms with Gasteiger partial charge in [-0.3, -0.25) is 0 Å². The van der Waals surface area contributed by atoms with Crippen molar-refractivity contribution >= 4 is 5.97 Å². The summed E-state index contributed by atoms with van der Waals surface area (Å²) < 4.78 is 10.0. The minimum atomic E-state index is -1.17. The summed E-state index contributed by atoms with van der Waals surface area (Å²) in [5.74, 6) is 0.108. The first-order valence-corrected chi connectivity index (χ1v) is 5.69. The van der Waals surface area contributed by atoms with Gasteiger partial charge in [0, 0.05) is 6.61 Å². The molecular weight excluding hydrogens is 234 g/mol. The van der Waals surface area contributed by atoms with Gasteiger partial charge in [-0.05, 0) is 31.0 Å². The van der Waals surface area contributed by atoms with E-state index in [1.807, 2.05) is 12.1 Å². The smallest absolute Gasteiger partial charge is 0.329 e. The highest BCUT2D eigenvalue weighted by Crippen LogP contribution is 2.14. The Hall–Kier alpha value is -1.59. The Balaban J connectivity index is 2.55. The number of hydrogen-bond acceptors (Lipinski definition) is 5. The number of hydrogen-bond donors (Lipinski definition) is 2. The van der Waals surface area contributed by atoms with Crippen molar-refractivity contribution in [2.75, 3.05) is 20.3 Å². The normalized spacial score (nSPS) is 13.8. The van der Waals surface area contributed by atoms with Crippen molar-refractivity contribution in [3.8, 4) is 5.75 Å². The van der Waals surface area contributed by atoms with Crippen molar-refractivity contribution in [3.63, 3.8) is 0 Å². The van der Waals surface area contributed by atoms with Crippen LogP contribution in [0.15, 0.2) is 24.3 Å². The molecule has 1 atom stereocenters. The van der Waals surface area contributed by atoms with Gasteiger partial charge in [0.05, 0.1) is 7.11 Å². The first kappa shape index (κ1) is 14.5. The van der Waals surface area contributed by atoms with Gasteiger partial charge >= 0.3 is 5.97 Å². The molecule has 0 aliphatic heterocycles. The number of aliphatic hydroxyl groups is 1. The number of nitrogens with two attached hydrogens (primary N) is 1. The van der Waals surface area contributed by atoms with E-state index >= 15 is 0 Å². The summed E-state index contributed by atoms with van der Waals surface area (Å²) in [6, 6.07) is 7.27. The molecule has 0 saturated heterocycles. The van der Waals surface area contributed by atoms with E-state index in [1.165, 1.54) is 7.11 Å². The van der Waals surface area contributed by atoms with E-state index in [2.05, 4.69) is 4.74 Å². The number of esters is 1. The van der Waals surface area contributed by atoms with Gasteiger partial charge in [-0.2, -0.15) is 0 Å². The fourth-order valence-electron chi connectivity index (χ4n) is 1.41. The number of rotatable bonds is 6. The Labute approximate surface area is 107 Å². The third-order valence-electron chi connectivity index (χ3n) is 2.51. The van der Waals surface area contributed by atoms with Crippen LogP contribution in [0.5, 0.6) is 5.75 Å². The van der Waals surface area contributed by atoms with Crippen LogP contribution in [0.2, 0.25) is 0 Å². The lowest BCUT2D eigenvalue weighted by molar-refractivity contribution is -0.147. The van der Waals surface area contributed by atoms with Gasteiger partial charge in [0.1, 0.15) is 17.9 Å². The number of methoxy groups -OCH3 is 1. The molecule has 5 nitrogen and oxygen atoms in total. The van der Waals surface area contributed by atoms with Crippen LogP contribution in [-0.4, -0.2) is 36.9 Å². The summed E-state index contributed by atoms with van der Waals surface area (Å²) in [6.45, 7) is 1.71. The van der Waals surface area contributed by atoms with E-state index in [0.29, 0.717) is 12.2 Å².